The molecule has 0 unspecified atom stereocenters. The number of aliphatic imine (C=N–C) groups is 1. The Balaban J connectivity index is 0.00000320. The van der Waals surface area contributed by atoms with Crippen molar-refractivity contribution in [1.29, 1.82) is 0 Å². The normalized spacial score (nSPS) is 11.1. The maximum Gasteiger partial charge on any atom is 0.193 e. The van der Waals surface area contributed by atoms with E-state index < -0.39 is 0 Å². The third-order valence-corrected chi connectivity index (χ3v) is 4.96. The number of benzene rings is 2. The number of imidazole rings is 1. The molecule has 0 aliphatic rings. The van der Waals surface area contributed by atoms with Crippen LogP contribution in [0.25, 0.3) is 0 Å². The standard InChI is InChI=1S/C24H31N5.HI/c1-4-25-24(28(3)19-22-13-9-8-10-20(22)2)27-15-14-23-26-16-17-29(23)18-21-11-6-5-7-12-21;/h5-13,16-17H,4,14-15,18-19H2,1-3H3,(H,25,27);1H. The first-order chi connectivity index (χ1) is 14.2. The highest BCUT2D eigenvalue weighted by molar-refractivity contribution is 14.0. The van der Waals surface area contributed by atoms with E-state index in [9.17, 15) is 0 Å². The van der Waals surface area contributed by atoms with Crippen LogP contribution in [0, 0.1) is 6.92 Å². The first-order valence-electron chi connectivity index (χ1n) is 10.2. The molecule has 3 aromatic rings. The molecule has 0 radical (unpaired) electrons. The van der Waals surface area contributed by atoms with Gasteiger partial charge < -0.3 is 14.8 Å². The quantitative estimate of drug-likeness (QED) is 0.272. The van der Waals surface area contributed by atoms with Crippen molar-refractivity contribution in [1.82, 2.24) is 19.8 Å². The van der Waals surface area contributed by atoms with Crippen molar-refractivity contribution in [2.24, 2.45) is 4.99 Å². The summed E-state index contributed by atoms with van der Waals surface area (Å²) in [5.74, 6) is 1.99. The number of aromatic nitrogens is 2. The Bertz CT molecular complexity index is 920. The lowest BCUT2D eigenvalue weighted by Gasteiger charge is -2.23. The van der Waals surface area contributed by atoms with Crippen LogP contribution in [-0.2, 0) is 19.5 Å². The lowest BCUT2D eigenvalue weighted by atomic mass is 10.1. The number of hydrogen-bond acceptors (Lipinski definition) is 2. The van der Waals surface area contributed by atoms with Crippen molar-refractivity contribution in [3.8, 4) is 0 Å². The van der Waals surface area contributed by atoms with E-state index in [0.29, 0.717) is 6.54 Å². The summed E-state index contributed by atoms with van der Waals surface area (Å²) in [7, 11) is 2.09. The molecule has 5 nitrogen and oxygen atoms in total. The molecule has 6 heteroatoms. The van der Waals surface area contributed by atoms with Crippen molar-refractivity contribution < 1.29 is 0 Å². The molecule has 30 heavy (non-hydrogen) atoms. The zero-order chi connectivity index (χ0) is 20.5. The molecule has 0 aliphatic carbocycles. The summed E-state index contributed by atoms with van der Waals surface area (Å²) in [4.78, 5) is 11.6. The van der Waals surface area contributed by atoms with Gasteiger partial charge in [0.05, 0.1) is 0 Å². The monoisotopic (exact) mass is 517 g/mol. The number of rotatable bonds is 8. The fraction of sp³-hybridized carbons (Fsp3) is 0.333. The topological polar surface area (TPSA) is 45.5 Å². The van der Waals surface area contributed by atoms with Gasteiger partial charge in [0.25, 0.3) is 0 Å². The van der Waals surface area contributed by atoms with E-state index in [2.05, 4.69) is 89.2 Å². The van der Waals surface area contributed by atoms with Gasteiger partial charge in [0.2, 0.25) is 0 Å². The lowest BCUT2D eigenvalue weighted by molar-refractivity contribution is 0.475. The Hall–Kier alpha value is -2.35. The van der Waals surface area contributed by atoms with Crippen LogP contribution in [0.15, 0.2) is 72.0 Å². The lowest BCUT2D eigenvalue weighted by Crippen LogP contribution is -2.38. The first-order valence-corrected chi connectivity index (χ1v) is 10.2. The highest BCUT2D eigenvalue weighted by Crippen LogP contribution is 2.10. The van der Waals surface area contributed by atoms with E-state index in [4.69, 9.17) is 4.99 Å². The van der Waals surface area contributed by atoms with E-state index in [1.54, 1.807) is 0 Å². The summed E-state index contributed by atoms with van der Waals surface area (Å²) in [6.45, 7) is 7.48. The Kier molecular flexibility index (Phi) is 9.86. The number of nitrogens with one attached hydrogen (secondary N) is 1. The van der Waals surface area contributed by atoms with Crippen LogP contribution in [0.3, 0.4) is 0 Å². The molecular weight excluding hydrogens is 485 g/mol. The van der Waals surface area contributed by atoms with Crippen molar-refractivity contribution in [2.45, 2.75) is 33.4 Å². The molecule has 0 aliphatic heterocycles. The molecule has 2 aromatic carbocycles. The average molecular weight is 517 g/mol. The van der Waals surface area contributed by atoms with Gasteiger partial charge in [-0.15, -0.1) is 24.0 Å². The largest absolute Gasteiger partial charge is 0.357 e. The van der Waals surface area contributed by atoms with E-state index in [1.165, 1.54) is 16.7 Å². The molecule has 1 aromatic heterocycles. The van der Waals surface area contributed by atoms with Gasteiger partial charge in [-0.2, -0.15) is 0 Å². The van der Waals surface area contributed by atoms with Crippen molar-refractivity contribution in [3.63, 3.8) is 0 Å². The molecule has 0 spiro atoms. The highest BCUT2D eigenvalue weighted by atomic mass is 127. The number of guanidine groups is 1. The fourth-order valence-corrected chi connectivity index (χ4v) is 3.34. The third kappa shape index (κ3) is 6.86. The zero-order valence-electron chi connectivity index (χ0n) is 18.1. The van der Waals surface area contributed by atoms with Crippen LogP contribution in [0.4, 0.5) is 0 Å². The summed E-state index contributed by atoms with van der Waals surface area (Å²) >= 11 is 0. The molecule has 1 N–H and O–H groups in total. The average Bonchev–Trinajstić information content (AvgIpc) is 3.16. The van der Waals surface area contributed by atoms with Crippen LogP contribution < -0.4 is 5.32 Å². The molecular formula is C24H32IN5. The second-order valence-corrected chi connectivity index (χ2v) is 7.23. The predicted molar refractivity (Wildman–Crippen MR) is 136 cm³/mol. The molecule has 0 saturated carbocycles. The molecule has 0 saturated heterocycles. The van der Waals surface area contributed by atoms with E-state index in [-0.39, 0.29) is 24.0 Å². The van der Waals surface area contributed by atoms with Gasteiger partial charge in [-0.25, -0.2) is 4.98 Å². The maximum absolute atomic E-state index is 4.84. The Labute approximate surface area is 197 Å². The summed E-state index contributed by atoms with van der Waals surface area (Å²) in [5, 5.41) is 3.41. The minimum atomic E-state index is 0. The van der Waals surface area contributed by atoms with Crippen LogP contribution in [0.2, 0.25) is 0 Å². The third-order valence-electron chi connectivity index (χ3n) is 4.96. The van der Waals surface area contributed by atoms with Gasteiger partial charge in [0, 0.05) is 52.0 Å². The van der Waals surface area contributed by atoms with Crippen LogP contribution in [0.5, 0.6) is 0 Å². The molecule has 0 fully saturated rings. The number of nitrogens with zero attached hydrogens (tertiary/aromatic N) is 4. The van der Waals surface area contributed by atoms with Crippen LogP contribution in [0.1, 0.15) is 29.4 Å². The van der Waals surface area contributed by atoms with Crippen molar-refractivity contribution >= 4 is 29.9 Å². The fourth-order valence-electron chi connectivity index (χ4n) is 3.34. The zero-order valence-corrected chi connectivity index (χ0v) is 20.4. The minimum absolute atomic E-state index is 0. The first kappa shape index (κ1) is 23.9. The number of halogens is 1. The van der Waals surface area contributed by atoms with Gasteiger partial charge in [-0.1, -0.05) is 54.6 Å². The molecule has 160 valence electrons. The number of hydrogen-bond donors (Lipinski definition) is 1. The highest BCUT2D eigenvalue weighted by Gasteiger charge is 2.09. The van der Waals surface area contributed by atoms with Gasteiger partial charge in [0.15, 0.2) is 5.96 Å². The van der Waals surface area contributed by atoms with Crippen molar-refractivity contribution in [3.05, 3.63) is 89.5 Å². The summed E-state index contributed by atoms with van der Waals surface area (Å²) in [5.41, 5.74) is 3.90. The minimum Gasteiger partial charge on any atom is -0.357 e. The van der Waals surface area contributed by atoms with Crippen LogP contribution >= 0.6 is 24.0 Å². The summed E-state index contributed by atoms with van der Waals surface area (Å²) < 4.78 is 2.20. The second kappa shape index (κ2) is 12.4. The van der Waals surface area contributed by atoms with Gasteiger partial charge >= 0.3 is 0 Å². The van der Waals surface area contributed by atoms with E-state index >= 15 is 0 Å². The Morgan fingerprint density at radius 3 is 2.57 bits per heavy atom. The van der Waals surface area contributed by atoms with Crippen LogP contribution in [-0.4, -0.2) is 40.5 Å². The van der Waals surface area contributed by atoms with E-state index in [1.807, 2.05) is 18.5 Å². The second-order valence-electron chi connectivity index (χ2n) is 7.23. The number of aryl methyl sites for hydroxylation is 1. The molecule has 3 rings (SSSR count). The van der Waals surface area contributed by atoms with Gasteiger partial charge in [0.1, 0.15) is 5.82 Å². The maximum atomic E-state index is 4.84. The molecule has 1 heterocycles. The molecule has 0 amide bonds. The van der Waals surface area contributed by atoms with Gasteiger partial charge in [-0.3, -0.25) is 4.99 Å². The Morgan fingerprint density at radius 2 is 1.83 bits per heavy atom. The molecule has 0 bridgehead atoms. The molecule has 0 atom stereocenters. The smallest absolute Gasteiger partial charge is 0.193 e. The van der Waals surface area contributed by atoms with Gasteiger partial charge in [-0.05, 0) is 30.5 Å². The SMILES string of the molecule is CCNC(=NCCc1nccn1Cc1ccccc1)N(C)Cc1ccccc1C.I. The summed E-state index contributed by atoms with van der Waals surface area (Å²) in [6.07, 6.45) is 4.73. The predicted octanol–water partition coefficient (Wildman–Crippen LogP) is 4.50. The van der Waals surface area contributed by atoms with E-state index in [0.717, 1.165) is 37.8 Å². The summed E-state index contributed by atoms with van der Waals surface area (Å²) in [6, 6.07) is 19.0. The van der Waals surface area contributed by atoms with Crippen molar-refractivity contribution in [2.75, 3.05) is 20.1 Å². The Morgan fingerprint density at radius 1 is 1.10 bits per heavy atom.